The molecule has 4 nitrogen and oxygen atoms in total. The van der Waals surface area contributed by atoms with Gasteiger partial charge in [-0.15, -0.1) is 0 Å². The Hall–Kier alpha value is -1.10. The fourth-order valence-corrected chi connectivity index (χ4v) is 2.98. The van der Waals surface area contributed by atoms with Crippen LogP contribution in [0.5, 0.6) is 5.75 Å². The minimum atomic E-state index is 0.324. The van der Waals surface area contributed by atoms with Crippen LogP contribution in [0.1, 0.15) is 24.4 Å². The summed E-state index contributed by atoms with van der Waals surface area (Å²) >= 11 is 0. The van der Waals surface area contributed by atoms with E-state index in [2.05, 4.69) is 35.5 Å². The van der Waals surface area contributed by atoms with Gasteiger partial charge in [-0.1, -0.05) is 12.1 Å². The summed E-state index contributed by atoms with van der Waals surface area (Å²) in [4.78, 5) is 2.43. The summed E-state index contributed by atoms with van der Waals surface area (Å²) < 4.78 is 10.8. The van der Waals surface area contributed by atoms with E-state index >= 15 is 0 Å². The predicted octanol–water partition coefficient (Wildman–Crippen LogP) is 2.31. The smallest absolute Gasteiger partial charge is 0.119 e. The first kappa shape index (κ1) is 16.3. The first-order chi connectivity index (χ1) is 10.2. The van der Waals surface area contributed by atoms with E-state index in [0.29, 0.717) is 6.04 Å². The van der Waals surface area contributed by atoms with Crippen LogP contribution in [0.25, 0.3) is 0 Å². The summed E-state index contributed by atoms with van der Waals surface area (Å²) in [6.07, 6.45) is 2.38. The Labute approximate surface area is 128 Å². The van der Waals surface area contributed by atoms with Gasteiger partial charge >= 0.3 is 0 Å². The van der Waals surface area contributed by atoms with Gasteiger partial charge in [0.1, 0.15) is 5.75 Å². The van der Waals surface area contributed by atoms with Crippen LogP contribution in [0.4, 0.5) is 0 Å². The Morgan fingerprint density at radius 3 is 2.81 bits per heavy atom. The number of nitrogens with zero attached hydrogens (tertiary/aromatic N) is 1. The minimum Gasteiger partial charge on any atom is -0.497 e. The number of ether oxygens (including phenoxy) is 2. The third-order valence-electron chi connectivity index (χ3n) is 4.25. The molecule has 1 N–H and O–H groups in total. The van der Waals surface area contributed by atoms with Crippen LogP contribution in [0.2, 0.25) is 0 Å². The van der Waals surface area contributed by atoms with Crippen LogP contribution in [0.3, 0.4) is 0 Å². The monoisotopic (exact) mass is 292 g/mol. The number of methoxy groups -OCH3 is 1. The summed E-state index contributed by atoms with van der Waals surface area (Å²) in [5.41, 5.74) is 1.27. The van der Waals surface area contributed by atoms with Crippen LogP contribution in [0, 0.1) is 5.92 Å². The number of nitrogens with one attached hydrogen (secondary N) is 1. The summed E-state index contributed by atoms with van der Waals surface area (Å²) in [6, 6.07) is 8.64. The Morgan fingerprint density at radius 1 is 1.38 bits per heavy atom. The van der Waals surface area contributed by atoms with E-state index < -0.39 is 0 Å². The Kier molecular flexibility index (Phi) is 6.49. The highest BCUT2D eigenvalue weighted by molar-refractivity contribution is 5.30. The minimum absolute atomic E-state index is 0.324. The molecule has 1 heterocycles. The van der Waals surface area contributed by atoms with Gasteiger partial charge in [-0.05, 0) is 50.6 Å². The zero-order valence-electron chi connectivity index (χ0n) is 13.5. The van der Waals surface area contributed by atoms with E-state index in [4.69, 9.17) is 9.47 Å². The lowest BCUT2D eigenvalue weighted by molar-refractivity contribution is 0.0548. The molecule has 1 unspecified atom stereocenters. The molecule has 1 aliphatic heterocycles. The van der Waals surface area contributed by atoms with Gasteiger partial charge in [-0.25, -0.2) is 0 Å². The van der Waals surface area contributed by atoms with Crippen molar-refractivity contribution in [2.75, 3.05) is 47.5 Å². The van der Waals surface area contributed by atoms with Crippen molar-refractivity contribution >= 4 is 0 Å². The largest absolute Gasteiger partial charge is 0.497 e. The molecule has 2 rings (SSSR count). The van der Waals surface area contributed by atoms with Gasteiger partial charge in [0.2, 0.25) is 0 Å². The highest BCUT2D eigenvalue weighted by atomic mass is 16.5. The number of rotatable bonds is 7. The number of likely N-dealkylation sites (N-methyl/N-ethyl adjacent to an activating group) is 2. The van der Waals surface area contributed by atoms with Crippen LogP contribution >= 0.6 is 0 Å². The molecule has 0 aromatic heterocycles. The molecular weight excluding hydrogens is 264 g/mol. The molecule has 0 amide bonds. The highest BCUT2D eigenvalue weighted by Crippen LogP contribution is 2.21. The molecule has 0 spiro atoms. The fraction of sp³-hybridized carbons (Fsp3) is 0.647. The molecule has 1 atom stereocenters. The molecule has 118 valence electrons. The van der Waals surface area contributed by atoms with Crippen LogP contribution in [-0.2, 0) is 4.74 Å². The van der Waals surface area contributed by atoms with Crippen molar-refractivity contribution in [3.63, 3.8) is 0 Å². The topological polar surface area (TPSA) is 33.7 Å². The van der Waals surface area contributed by atoms with Gasteiger partial charge in [-0.2, -0.15) is 0 Å². The molecule has 1 fully saturated rings. The van der Waals surface area contributed by atoms with Crippen LogP contribution < -0.4 is 10.1 Å². The number of hydrogen-bond acceptors (Lipinski definition) is 4. The van der Waals surface area contributed by atoms with Crippen molar-refractivity contribution < 1.29 is 9.47 Å². The molecule has 0 aliphatic carbocycles. The van der Waals surface area contributed by atoms with Crippen molar-refractivity contribution in [2.45, 2.75) is 18.9 Å². The van der Waals surface area contributed by atoms with Gasteiger partial charge < -0.3 is 19.7 Å². The second kappa shape index (κ2) is 8.37. The maximum atomic E-state index is 5.43. The van der Waals surface area contributed by atoms with Gasteiger partial charge in [0.15, 0.2) is 0 Å². The molecule has 0 bridgehead atoms. The lowest BCUT2D eigenvalue weighted by Gasteiger charge is -2.30. The molecule has 0 saturated carbocycles. The van der Waals surface area contributed by atoms with Crippen molar-refractivity contribution in [2.24, 2.45) is 5.92 Å². The summed E-state index contributed by atoms with van der Waals surface area (Å²) in [5, 5.41) is 3.42. The standard InChI is InChI=1S/C17H28N2O2/c1-18-17(15-5-4-6-16(11-15)20-3)13-19(2)12-14-7-9-21-10-8-14/h4-6,11,14,17-18H,7-10,12-13H2,1-3H3. The summed E-state index contributed by atoms with van der Waals surface area (Å²) in [5.74, 6) is 1.69. The SMILES string of the molecule is CNC(CN(C)CC1CCOCC1)c1cccc(OC)c1. The van der Waals surface area contributed by atoms with E-state index in [-0.39, 0.29) is 0 Å². The van der Waals surface area contributed by atoms with Crippen LogP contribution in [-0.4, -0.2) is 52.4 Å². The molecule has 4 heteroatoms. The molecular formula is C17H28N2O2. The summed E-state index contributed by atoms with van der Waals surface area (Å²) in [6.45, 7) is 3.99. The molecule has 1 aliphatic rings. The van der Waals surface area contributed by atoms with Crippen molar-refractivity contribution in [1.82, 2.24) is 10.2 Å². The van der Waals surface area contributed by atoms with E-state index in [9.17, 15) is 0 Å². The Balaban J connectivity index is 1.90. The second-order valence-electron chi connectivity index (χ2n) is 5.89. The van der Waals surface area contributed by atoms with Crippen LogP contribution in [0.15, 0.2) is 24.3 Å². The van der Waals surface area contributed by atoms with Crippen molar-refractivity contribution in [1.29, 1.82) is 0 Å². The quantitative estimate of drug-likeness (QED) is 0.836. The lowest BCUT2D eigenvalue weighted by atomic mass is 9.99. The first-order valence-electron chi connectivity index (χ1n) is 7.80. The molecule has 21 heavy (non-hydrogen) atoms. The van der Waals surface area contributed by atoms with Gasteiger partial charge in [0.05, 0.1) is 7.11 Å². The Bertz CT molecular complexity index is 419. The van der Waals surface area contributed by atoms with Gasteiger partial charge in [0.25, 0.3) is 0 Å². The van der Waals surface area contributed by atoms with E-state index in [1.807, 2.05) is 13.1 Å². The maximum absolute atomic E-state index is 5.43. The van der Waals surface area contributed by atoms with Crippen molar-refractivity contribution in [3.8, 4) is 5.75 Å². The average Bonchev–Trinajstić information content (AvgIpc) is 2.53. The number of benzene rings is 1. The highest BCUT2D eigenvalue weighted by Gasteiger charge is 2.18. The lowest BCUT2D eigenvalue weighted by Crippen LogP contribution is -2.35. The first-order valence-corrected chi connectivity index (χ1v) is 7.80. The zero-order valence-corrected chi connectivity index (χ0v) is 13.5. The molecule has 0 radical (unpaired) electrons. The molecule has 1 aromatic rings. The zero-order chi connectivity index (χ0) is 15.1. The van der Waals surface area contributed by atoms with Gasteiger partial charge in [-0.3, -0.25) is 0 Å². The van der Waals surface area contributed by atoms with Gasteiger partial charge in [0, 0.05) is 32.3 Å². The van der Waals surface area contributed by atoms with Crippen molar-refractivity contribution in [3.05, 3.63) is 29.8 Å². The molecule has 1 saturated heterocycles. The normalized spacial score (nSPS) is 17.9. The number of hydrogen-bond donors (Lipinski definition) is 1. The Morgan fingerprint density at radius 2 is 2.14 bits per heavy atom. The van der Waals surface area contributed by atoms with E-state index in [1.165, 1.54) is 18.4 Å². The summed E-state index contributed by atoms with van der Waals surface area (Å²) in [7, 11) is 5.94. The third kappa shape index (κ3) is 4.99. The predicted molar refractivity (Wildman–Crippen MR) is 85.8 cm³/mol. The van der Waals surface area contributed by atoms with E-state index in [1.54, 1.807) is 7.11 Å². The van der Waals surface area contributed by atoms with E-state index in [0.717, 1.165) is 38.0 Å². The second-order valence-corrected chi connectivity index (χ2v) is 5.89. The third-order valence-corrected chi connectivity index (χ3v) is 4.25. The molecule has 1 aromatic carbocycles. The fourth-order valence-electron chi connectivity index (χ4n) is 2.98. The average molecular weight is 292 g/mol. The maximum Gasteiger partial charge on any atom is 0.119 e.